The molecule has 0 fully saturated rings. The zero-order valence-electron chi connectivity index (χ0n) is 10.0. The highest BCUT2D eigenvalue weighted by Crippen LogP contribution is 2.20. The Bertz CT molecular complexity index is 412. The van der Waals surface area contributed by atoms with E-state index in [0.717, 1.165) is 19.3 Å². The summed E-state index contributed by atoms with van der Waals surface area (Å²) in [5.74, 6) is 0.432. The van der Waals surface area contributed by atoms with Gasteiger partial charge in [0.15, 0.2) is 0 Å². The van der Waals surface area contributed by atoms with Crippen LogP contribution in [0.25, 0.3) is 0 Å². The molecule has 1 aromatic rings. The first-order valence-electron chi connectivity index (χ1n) is 5.72. The van der Waals surface area contributed by atoms with Crippen molar-refractivity contribution in [1.82, 2.24) is 0 Å². The van der Waals surface area contributed by atoms with Crippen LogP contribution in [0.4, 0.5) is 0 Å². The van der Waals surface area contributed by atoms with Crippen LogP contribution in [0.2, 0.25) is 0 Å². The molecule has 0 amide bonds. The topological polar surface area (TPSA) is 43.4 Å². The molecule has 0 saturated heterocycles. The molecule has 0 aliphatic carbocycles. The van der Waals surface area contributed by atoms with Gasteiger partial charge in [0, 0.05) is 11.1 Å². The molecule has 0 unspecified atom stereocenters. The molecule has 1 aromatic carbocycles. The normalized spacial score (nSPS) is 10.2. The van der Waals surface area contributed by atoms with Crippen LogP contribution < -0.4 is 4.74 Å². The molecule has 0 bridgehead atoms. The molecule has 5 heteroatoms. The van der Waals surface area contributed by atoms with E-state index < -0.39 is 10.5 Å². The summed E-state index contributed by atoms with van der Waals surface area (Å²) >= 11 is 10.8. The maximum absolute atomic E-state index is 11.1. The predicted molar refractivity (Wildman–Crippen MR) is 71.8 cm³/mol. The van der Waals surface area contributed by atoms with Gasteiger partial charge >= 0.3 is 0 Å². The maximum atomic E-state index is 11.1. The van der Waals surface area contributed by atoms with Gasteiger partial charge in [0.1, 0.15) is 5.75 Å². The van der Waals surface area contributed by atoms with E-state index in [1.807, 2.05) is 0 Å². The number of carbonyl (C=O) groups is 2. The highest BCUT2D eigenvalue weighted by Gasteiger charge is 2.10. The predicted octanol–water partition coefficient (Wildman–Crippen LogP) is 4.01. The number of rotatable bonds is 7. The molecule has 0 radical (unpaired) electrons. The summed E-state index contributed by atoms with van der Waals surface area (Å²) < 4.78 is 5.47. The van der Waals surface area contributed by atoms with Crippen LogP contribution in [0.3, 0.4) is 0 Å². The van der Waals surface area contributed by atoms with Gasteiger partial charge in [0.05, 0.1) is 6.61 Å². The van der Waals surface area contributed by atoms with E-state index in [0.29, 0.717) is 12.4 Å². The minimum absolute atomic E-state index is 0.202. The van der Waals surface area contributed by atoms with Crippen molar-refractivity contribution >= 4 is 33.7 Å². The molecule has 0 aliphatic rings. The number of hydrogen-bond acceptors (Lipinski definition) is 3. The lowest BCUT2D eigenvalue weighted by molar-refractivity contribution is 0.108. The van der Waals surface area contributed by atoms with Gasteiger partial charge in [-0.25, -0.2) is 0 Å². The van der Waals surface area contributed by atoms with Crippen molar-refractivity contribution < 1.29 is 14.3 Å². The monoisotopic (exact) mass is 288 g/mol. The molecule has 0 aromatic heterocycles. The Balaban J connectivity index is 2.83. The largest absolute Gasteiger partial charge is 0.494 e. The minimum atomic E-state index is -0.645. The molecule has 0 aliphatic heterocycles. The first-order valence-corrected chi connectivity index (χ1v) is 6.47. The molecule has 3 nitrogen and oxygen atoms in total. The molecule has 0 spiro atoms. The Labute approximate surface area is 116 Å². The summed E-state index contributed by atoms with van der Waals surface area (Å²) in [5, 5.41) is -1.29. The fraction of sp³-hybridized carbons (Fsp3) is 0.385. The van der Waals surface area contributed by atoms with Crippen molar-refractivity contribution in [2.45, 2.75) is 26.2 Å². The van der Waals surface area contributed by atoms with E-state index in [-0.39, 0.29) is 11.1 Å². The van der Waals surface area contributed by atoms with Crippen molar-refractivity contribution in [2.75, 3.05) is 6.61 Å². The SMILES string of the molecule is CCCCCOc1cc(C(=O)Cl)cc(C(=O)Cl)c1. The first kappa shape index (κ1) is 15.0. The van der Waals surface area contributed by atoms with Gasteiger partial charge in [-0.1, -0.05) is 19.8 Å². The van der Waals surface area contributed by atoms with E-state index in [1.54, 1.807) is 0 Å². The number of halogens is 2. The molecule has 0 saturated carbocycles. The third-order valence-corrected chi connectivity index (χ3v) is 2.81. The van der Waals surface area contributed by atoms with Gasteiger partial charge in [-0.3, -0.25) is 9.59 Å². The molecular formula is C13H14Cl2O3. The summed E-state index contributed by atoms with van der Waals surface area (Å²) in [6.45, 7) is 2.63. The summed E-state index contributed by atoms with van der Waals surface area (Å²) in [6, 6.07) is 4.36. The van der Waals surface area contributed by atoms with Crippen molar-refractivity contribution in [3.8, 4) is 5.75 Å². The van der Waals surface area contributed by atoms with Crippen LogP contribution >= 0.6 is 23.2 Å². The molecule has 0 N–H and O–H groups in total. The second-order valence-electron chi connectivity index (χ2n) is 3.85. The first-order chi connectivity index (χ1) is 8.54. The molecule has 1 rings (SSSR count). The summed E-state index contributed by atoms with van der Waals surface area (Å²) in [4.78, 5) is 22.2. The average Bonchev–Trinajstić information content (AvgIpc) is 2.34. The average molecular weight is 289 g/mol. The maximum Gasteiger partial charge on any atom is 0.252 e. The van der Waals surface area contributed by atoms with Crippen molar-refractivity contribution in [3.05, 3.63) is 29.3 Å². The van der Waals surface area contributed by atoms with Gasteiger partial charge in [-0.05, 0) is 47.8 Å². The van der Waals surface area contributed by atoms with Crippen LogP contribution in [-0.2, 0) is 0 Å². The fourth-order valence-electron chi connectivity index (χ4n) is 1.45. The molecule has 0 atom stereocenters. The zero-order chi connectivity index (χ0) is 13.5. The third-order valence-electron chi connectivity index (χ3n) is 2.38. The quantitative estimate of drug-likeness (QED) is 0.562. The second-order valence-corrected chi connectivity index (χ2v) is 4.54. The van der Waals surface area contributed by atoms with Gasteiger partial charge in [0.2, 0.25) is 0 Å². The van der Waals surface area contributed by atoms with Gasteiger partial charge in [-0.15, -0.1) is 0 Å². The number of ether oxygens (including phenoxy) is 1. The van der Waals surface area contributed by atoms with Crippen LogP contribution in [-0.4, -0.2) is 17.1 Å². The van der Waals surface area contributed by atoms with Gasteiger partial charge < -0.3 is 4.74 Å². The second kappa shape index (κ2) is 7.39. The molecular weight excluding hydrogens is 275 g/mol. The number of hydrogen-bond donors (Lipinski definition) is 0. The van der Waals surface area contributed by atoms with E-state index in [1.165, 1.54) is 18.2 Å². The van der Waals surface area contributed by atoms with E-state index >= 15 is 0 Å². The van der Waals surface area contributed by atoms with E-state index in [2.05, 4.69) is 6.92 Å². The zero-order valence-corrected chi connectivity index (χ0v) is 11.6. The van der Waals surface area contributed by atoms with E-state index in [9.17, 15) is 9.59 Å². The van der Waals surface area contributed by atoms with Crippen molar-refractivity contribution in [1.29, 1.82) is 0 Å². The van der Waals surface area contributed by atoms with Crippen LogP contribution in [0.5, 0.6) is 5.75 Å². The Morgan fingerprint density at radius 1 is 1.06 bits per heavy atom. The summed E-state index contributed by atoms with van der Waals surface area (Å²) in [7, 11) is 0. The summed E-state index contributed by atoms with van der Waals surface area (Å²) in [6.07, 6.45) is 3.07. The lowest BCUT2D eigenvalue weighted by Crippen LogP contribution is -2.01. The number of carbonyl (C=O) groups excluding carboxylic acids is 2. The lowest BCUT2D eigenvalue weighted by Gasteiger charge is -2.08. The standard InChI is InChI=1S/C13H14Cl2O3/c1-2-3-4-5-18-11-7-9(12(14)16)6-10(8-11)13(15)17/h6-8H,2-5H2,1H3. The fourth-order valence-corrected chi connectivity index (χ4v) is 1.67. The van der Waals surface area contributed by atoms with E-state index in [4.69, 9.17) is 27.9 Å². The number of unbranched alkanes of at least 4 members (excludes halogenated alkanes) is 2. The Morgan fingerprint density at radius 3 is 2.06 bits per heavy atom. The van der Waals surface area contributed by atoms with Gasteiger partial charge in [-0.2, -0.15) is 0 Å². The summed E-state index contributed by atoms with van der Waals surface area (Å²) in [5.41, 5.74) is 0.405. The van der Waals surface area contributed by atoms with Crippen LogP contribution in [0.15, 0.2) is 18.2 Å². The minimum Gasteiger partial charge on any atom is -0.494 e. The van der Waals surface area contributed by atoms with Crippen LogP contribution in [0, 0.1) is 0 Å². The van der Waals surface area contributed by atoms with Crippen LogP contribution in [0.1, 0.15) is 46.9 Å². The van der Waals surface area contributed by atoms with Crippen molar-refractivity contribution in [2.24, 2.45) is 0 Å². The highest BCUT2D eigenvalue weighted by atomic mass is 35.5. The smallest absolute Gasteiger partial charge is 0.252 e. The Morgan fingerprint density at radius 2 is 1.61 bits per heavy atom. The molecule has 98 valence electrons. The molecule has 18 heavy (non-hydrogen) atoms. The highest BCUT2D eigenvalue weighted by molar-refractivity contribution is 6.69. The van der Waals surface area contributed by atoms with Gasteiger partial charge in [0.25, 0.3) is 10.5 Å². The molecule has 0 heterocycles. The number of benzene rings is 1. The van der Waals surface area contributed by atoms with Crippen molar-refractivity contribution in [3.63, 3.8) is 0 Å². The Kier molecular flexibility index (Phi) is 6.16. The lowest BCUT2D eigenvalue weighted by atomic mass is 10.1. The third kappa shape index (κ3) is 4.67. The Hall–Kier alpha value is -1.06.